The summed E-state index contributed by atoms with van der Waals surface area (Å²) in [6.45, 7) is 3.14. The third-order valence-electron chi connectivity index (χ3n) is 5.51. The highest BCUT2D eigenvalue weighted by Gasteiger charge is 2.30. The van der Waals surface area contributed by atoms with Gasteiger partial charge in [0.25, 0.3) is 0 Å². The molecule has 1 atom stereocenters. The fourth-order valence-corrected chi connectivity index (χ4v) is 3.91. The molecule has 2 aromatic carbocycles. The maximum absolute atomic E-state index is 13.2. The zero-order chi connectivity index (χ0) is 20.1. The molecule has 2 aliphatic rings. The number of amides is 1. The van der Waals surface area contributed by atoms with Gasteiger partial charge in [0.15, 0.2) is 11.5 Å². The Labute approximate surface area is 171 Å². The Kier molecular flexibility index (Phi) is 6.32. The van der Waals surface area contributed by atoms with E-state index in [1.54, 1.807) is 0 Å². The van der Waals surface area contributed by atoms with Gasteiger partial charge in [-0.25, -0.2) is 0 Å². The van der Waals surface area contributed by atoms with Crippen LogP contribution in [-0.4, -0.2) is 48.3 Å². The number of rotatable bonds is 5. The van der Waals surface area contributed by atoms with Crippen molar-refractivity contribution in [3.63, 3.8) is 0 Å². The Morgan fingerprint density at radius 1 is 1.07 bits per heavy atom. The molecule has 0 radical (unpaired) electrons. The maximum Gasteiger partial charge on any atom is 0.242 e. The molecular weight excluding hydrogens is 368 g/mol. The number of aliphatic hydroxyl groups excluding tert-OH is 1. The van der Waals surface area contributed by atoms with E-state index < -0.39 is 0 Å². The van der Waals surface area contributed by atoms with Crippen LogP contribution in [-0.2, 0) is 11.3 Å². The van der Waals surface area contributed by atoms with Gasteiger partial charge in [-0.2, -0.15) is 0 Å². The SMILES string of the molecule is O=C(NCc1ccc2c(c1)OCCCO2)C(c1ccccc1)N1CCC(O)CC1. The van der Waals surface area contributed by atoms with E-state index in [4.69, 9.17) is 9.47 Å². The van der Waals surface area contributed by atoms with Crippen LogP contribution in [0.15, 0.2) is 48.5 Å². The van der Waals surface area contributed by atoms with Gasteiger partial charge in [-0.1, -0.05) is 36.4 Å². The summed E-state index contributed by atoms with van der Waals surface area (Å²) in [5.41, 5.74) is 1.95. The summed E-state index contributed by atoms with van der Waals surface area (Å²) in [5, 5.41) is 12.9. The fraction of sp³-hybridized carbons (Fsp3) is 0.435. The Balaban J connectivity index is 1.46. The number of likely N-dealkylation sites (tertiary alicyclic amines) is 1. The van der Waals surface area contributed by atoms with Crippen LogP contribution < -0.4 is 14.8 Å². The first-order valence-electron chi connectivity index (χ1n) is 10.3. The number of carbonyl (C=O) groups excluding carboxylic acids is 1. The molecule has 0 spiro atoms. The van der Waals surface area contributed by atoms with Crippen molar-refractivity contribution < 1.29 is 19.4 Å². The quantitative estimate of drug-likeness (QED) is 0.813. The van der Waals surface area contributed by atoms with Crippen molar-refractivity contribution in [1.29, 1.82) is 0 Å². The topological polar surface area (TPSA) is 71.0 Å². The summed E-state index contributed by atoms with van der Waals surface area (Å²) in [7, 11) is 0. The van der Waals surface area contributed by atoms with Crippen molar-refractivity contribution in [3.05, 3.63) is 59.7 Å². The predicted molar refractivity (Wildman–Crippen MR) is 110 cm³/mol. The van der Waals surface area contributed by atoms with E-state index >= 15 is 0 Å². The highest BCUT2D eigenvalue weighted by Crippen LogP contribution is 2.30. The molecule has 4 rings (SSSR count). The van der Waals surface area contributed by atoms with Gasteiger partial charge in [0.2, 0.25) is 5.91 Å². The molecule has 0 aliphatic carbocycles. The average molecular weight is 396 g/mol. The van der Waals surface area contributed by atoms with Gasteiger partial charge in [0.05, 0.1) is 19.3 Å². The number of aliphatic hydroxyl groups is 1. The molecule has 2 heterocycles. The second-order valence-electron chi connectivity index (χ2n) is 7.63. The number of nitrogens with one attached hydrogen (secondary N) is 1. The molecule has 2 aromatic rings. The maximum atomic E-state index is 13.2. The predicted octanol–water partition coefficient (Wildman–Crippen LogP) is 2.66. The molecule has 1 saturated heterocycles. The zero-order valence-corrected chi connectivity index (χ0v) is 16.5. The normalized spacial score (nSPS) is 18.7. The van der Waals surface area contributed by atoms with Crippen LogP contribution in [0.2, 0.25) is 0 Å². The van der Waals surface area contributed by atoms with Crippen LogP contribution in [0.4, 0.5) is 0 Å². The fourth-order valence-electron chi connectivity index (χ4n) is 3.91. The first-order valence-corrected chi connectivity index (χ1v) is 10.3. The minimum atomic E-state index is -0.357. The van der Waals surface area contributed by atoms with Gasteiger partial charge < -0.3 is 19.9 Å². The molecule has 6 heteroatoms. The van der Waals surface area contributed by atoms with Gasteiger partial charge in [-0.05, 0) is 36.1 Å². The Bertz CT molecular complexity index is 819. The summed E-state index contributed by atoms with van der Waals surface area (Å²) in [4.78, 5) is 15.3. The van der Waals surface area contributed by atoms with Crippen LogP contribution in [0.1, 0.15) is 36.4 Å². The lowest BCUT2D eigenvalue weighted by molar-refractivity contribution is -0.127. The molecular formula is C23H28N2O4. The highest BCUT2D eigenvalue weighted by atomic mass is 16.5. The van der Waals surface area contributed by atoms with Crippen LogP contribution in [0.5, 0.6) is 11.5 Å². The number of fused-ring (bicyclic) bond motifs is 1. The molecule has 1 fully saturated rings. The lowest BCUT2D eigenvalue weighted by Gasteiger charge is -2.35. The molecule has 1 unspecified atom stereocenters. The van der Waals surface area contributed by atoms with Crippen molar-refractivity contribution >= 4 is 5.91 Å². The van der Waals surface area contributed by atoms with E-state index in [0.717, 1.165) is 29.0 Å². The van der Waals surface area contributed by atoms with Crippen molar-refractivity contribution in [1.82, 2.24) is 10.2 Å². The van der Waals surface area contributed by atoms with Crippen molar-refractivity contribution in [2.24, 2.45) is 0 Å². The standard InChI is InChI=1S/C23H28N2O4/c26-19-9-11-25(12-10-19)22(18-5-2-1-3-6-18)23(27)24-16-17-7-8-20-21(15-17)29-14-4-13-28-20/h1-3,5-8,15,19,22,26H,4,9-14,16H2,(H,24,27). The molecule has 0 bridgehead atoms. The van der Waals surface area contributed by atoms with E-state index in [9.17, 15) is 9.90 Å². The molecule has 154 valence electrons. The lowest BCUT2D eigenvalue weighted by atomic mass is 9.99. The van der Waals surface area contributed by atoms with Gasteiger partial charge in [-0.3, -0.25) is 9.69 Å². The van der Waals surface area contributed by atoms with E-state index in [2.05, 4.69) is 10.2 Å². The van der Waals surface area contributed by atoms with Crippen molar-refractivity contribution in [2.45, 2.75) is 38.0 Å². The molecule has 6 nitrogen and oxygen atoms in total. The second kappa shape index (κ2) is 9.29. The highest BCUT2D eigenvalue weighted by molar-refractivity contribution is 5.83. The second-order valence-corrected chi connectivity index (χ2v) is 7.63. The Morgan fingerprint density at radius 3 is 2.55 bits per heavy atom. The average Bonchev–Trinajstić information content (AvgIpc) is 2.99. The van der Waals surface area contributed by atoms with Crippen LogP contribution in [0, 0.1) is 0 Å². The summed E-state index contributed by atoms with van der Waals surface area (Å²) in [6.07, 6.45) is 1.98. The van der Waals surface area contributed by atoms with Crippen LogP contribution in [0.3, 0.4) is 0 Å². The van der Waals surface area contributed by atoms with Gasteiger partial charge >= 0.3 is 0 Å². The molecule has 2 N–H and O–H groups in total. The van der Waals surface area contributed by atoms with E-state index in [1.807, 2.05) is 48.5 Å². The minimum absolute atomic E-state index is 0.0281. The zero-order valence-electron chi connectivity index (χ0n) is 16.5. The molecule has 0 saturated carbocycles. The third-order valence-corrected chi connectivity index (χ3v) is 5.51. The number of ether oxygens (including phenoxy) is 2. The summed E-state index contributed by atoms with van der Waals surface area (Å²) >= 11 is 0. The Hall–Kier alpha value is -2.57. The van der Waals surface area contributed by atoms with Crippen molar-refractivity contribution in [2.75, 3.05) is 26.3 Å². The first kappa shape index (κ1) is 19.7. The number of nitrogens with zero attached hydrogens (tertiary/aromatic N) is 1. The summed E-state index contributed by atoms with van der Waals surface area (Å²) in [5.74, 6) is 1.46. The van der Waals surface area contributed by atoms with Gasteiger partial charge in [0.1, 0.15) is 6.04 Å². The van der Waals surface area contributed by atoms with Crippen LogP contribution >= 0.6 is 0 Å². The number of piperidine rings is 1. The van der Waals surface area contributed by atoms with Gasteiger partial charge in [-0.15, -0.1) is 0 Å². The first-order chi connectivity index (χ1) is 14.2. The number of carbonyl (C=O) groups is 1. The number of hydrogen-bond donors (Lipinski definition) is 2. The molecule has 1 amide bonds. The molecule has 2 aliphatic heterocycles. The third kappa shape index (κ3) is 4.89. The molecule has 29 heavy (non-hydrogen) atoms. The van der Waals surface area contributed by atoms with E-state index in [0.29, 0.717) is 45.7 Å². The van der Waals surface area contributed by atoms with Gasteiger partial charge in [0, 0.05) is 26.1 Å². The largest absolute Gasteiger partial charge is 0.490 e. The lowest BCUT2D eigenvalue weighted by Crippen LogP contribution is -2.45. The van der Waals surface area contributed by atoms with E-state index in [1.165, 1.54) is 0 Å². The monoisotopic (exact) mass is 396 g/mol. The van der Waals surface area contributed by atoms with Crippen molar-refractivity contribution in [3.8, 4) is 11.5 Å². The van der Waals surface area contributed by atoms with Crippen LogP contribution in [0.25, 0.3) is 0 Å². The number of hydrogen-bond acceptors (Lipinski definition) is 5. The summed E-state index contributed by atoms with van der Waals surface area (Å²) < 4.78 is 11.4. The molecule has 0 aromatic heterocycles. The number of benzene rings is 2. The summed E-state index contributed by atoms with van der Waals surface area (Å²) in [6, 6.07) is 15.3. The smallest absolute Gasteiger partial charge is 0.242 e. The minimum Gasteiger partial charge on any atom is -0.490 e. The Morgan fingerprint density at radius 2 is 1.79 bits per heavy atom. The van der Waals surface area contributed by atoms with E-state index in [-0.39, 0.29) is 18.1 Å².